The lowest BCUT2D eigenvalue weighted by Crippen LogP contribution is -2.35. The second kappa shape index (κ2) is 9.89. The van der Waals surface area contributed by atoms with Crippen LogP contribution in [-0.2, 0) is 24.2 Å². The third-order valence-electron chi connectivity index (χ3n) is 5.86. The summed E-state index contributed by atoms with van der Waals surface area (Å²) >= 11 is 3.33. The number of thiazole rings is 1. The maximum Gasteiger partial charge on any atom is 0.229 e. The number of hydrogen-bond donors (Lipinski definition) is 1. The van der Waals surface area contributed by atoms with Crippen molar-refractivity contribution in [1.82, 2.24) is 9.88 Å². The number of para-hydroxylation sites is 1. The zero-order valence-corrected chi connectivity index (χ0v) is 20.9. The number of fused-ring (bicyclic) bond motifs is 2. The SMILES string of the molecule is CC(C)N1CCc2c(sc(NC(=O)Cc3ccc(F)cc3)c2-c2nc3ccccc3s2)C1.Cl. The van der Waals surface area contributed by atoms with Gasteiger partial charge in [-0.15, -0.1) is 35.1 Å². The fourth-order valence-corrected chi connectivity index (χ4v) is 6.52. The number of nitrogens with zero attached hydrogens (tertiary/aromatic N) is 2. The molecule has 4 aromatic rings. The van der Waals surface area contributed by atoms with Crippen LogP contribution in [0.2, 0.25) is 0 Å². The number of amides is 1. The molecule has 1 aliphatic heterocycles. The number of nitrogens with one attached hydrogen (secondary N) is 1. The van der Waals surface area contributed by atoms with Gasteiger partial charge in [0, 0.05) is 29.6 Å². The van der Waals surface area contributed by atoms with Gasteiger partial charge in [0.05, 0.1) is 16.6 Å². The van der Waals surface area contributed by atoms with E-state index >= 15 is 0 Å². The van der Waals surface area contributed by atoms with Gasteiger partial charge in [-0.3, -0.25) is 9.69 Å². The van der Waals surface area contributed by atoms with Crippen molar-refractivity contribution in [2.45, 2.75) is 39.3 Å². The van der Waals surface area contributed by atoms with E-state index in [-0.39, 0.29) is 30.6 Å². The van der Waals surface area contributed by atoms with E-state index in [0.29, 0.717) is 6.04 Å². The van der Waals surface area contributed by atoms with Gasteiger partial charge in [-0.05, 0) is 55.7 Å². The monoisotopic (exact) mass is 501 g/mol. The molecule has 0 unspecified atom stereocenters. The number of carbonyl (C=O) groups excluding carboxylic acids is 1. The molecule has 0 atom stereocenters. The number of aromatic nitrogens is 1. The molecule has 0 bridgehead atoms. The summed E-state index contributed by atoms with van der Waals surface area (Å²) in [5.41, 5.74) is 4.15. The van der Waals surface area contributed by atoms with Crippen LogP contribution in [0.5, 0.6) is 0 Å². The van der Waals surface area contributed by atoms with E-state index in [2.05, 4.69) is 30.1 Å². The van der Waals surface area contributed by atoms with Crippen LogP contribution in [0.15, 0.2) is 48.5 Å². The van der Waals surface area contributed by atoms with Crippen molar-refractivity contribution in [3.05, 3.63) is 70.4 Å². The number of halogens is 2. The van der Waals surface area contributed by atoms with Crippen molar-refractivity contribution in [1.29, 1.82) is 0 Å². The largest absolute Gasteiger partial charge is 0.317 e. The Balaban J connectivity index is 0.00000259. The van der Waals surface area contributed by atoms with Gasteiger partial charge in [0.25, 0.3) is 0 Å². The second-order valence-electron chi connectivity index (χ2n) is 8.36. The third-order valence-corrected chi connectivity index (χ3v) is 8.04. The molecule has 2 aromatic heterocycles. The van der Waals surface area contributed by atoms with E-state index in [1.807, 2.05) is 18.2 Å². The summed E-state index contributed by atoms with van der Waals surface area (Å²) in [5, 5.41) is 4.98. The highest BCUT2D eigenvalue weighted by molar-refractivity contribution is 7.22. The van der Waals surface area contributed by atoms with Gasteiger partial charge in [-0.1, -0.05) is 24.3 Å². The molecule has 3 heterocycles. The van der Waals surface area contributed by atoms with Gasteiger partial charge < -0.3 is 5.32 Å². The number of rotatable bonds is 5. The van der Waals surface area contributed by atoms with E-state index in [4.69, 9.17) is 4.98 Å². The van der Waals surface area contributed by atoms with Gasteiger partial charge in [-0.2, -0.15) is 0 Å². The van der Waals surface area contributed by atoms with Crippen molar-refractivity contribution >= 4 is 56.2 Å². The zero-order chi connectivity index (χ0) is 22.2. The molecule has 0 spiro atoms. The fourth-order valence-electron chi connectivity index (χ4n) is 4.12. The molecule has 4 nitrogen and oxygen atoms in total. The van der Waals surface area contributed by atoms with Crippen molar-refractivity contribution in [2.75, 3.05) is 11.9 Å². The van der Waals surface area contributed by atoms with Crippen LogP contribution in [-0.4, -0.2) is 28.4 Å². The summed E-state index contributed by atoms with van der Waals surface area (Å²) in [6.45, 7) is 6.34. The van der Waals surface area contributed by atoms with E-state index in [1.54, 1.807) is 34.8 Å². The van der Waals surface area contributed by atoms with Crippen molar-refractivity contribution < 1.29 is 9.18 Å². The Bertz CT molecular complexity index is 1250. The smallest absolute Gasteiger partial charge is 0.229 e. The maximum absolute atomic E-state index is 13.2. The molecular weight excluding hydrogens is 477 g/mol. The van der Waals surface area contributed by atoms with E-state index in [9.17, 15) is 9.18 Å². The minimum absolute atomic E-state index is 0. The van der Waals surface area contributed by atoms with Crippen molar-refractivity contribution in [2.24, 2.45) is 0 Å². The van der Waals surface area contributed by atoms with E-state index in [0.717, 1.165) is 50.9 Å². The number of anilines is 1. The lowest BCUT2D eigenvalue weighted by molar-refractivity contribution is -0.115. The quantitative estimate of drug-likeness (QED) is 0.338. The Hall–Kier alpha value is -2.32. The molecule has 1 N–H and O–H groups in total. The molecule has 33 heavy (non-hydrogen) atoms. The molecule has 1 amide bonds. The summed E-state index contributed by atoms with van der Waals surface area (Å²) in [4.78, 5) is 21.5. The lowest BCUT2D eigenvalue weighted by atomic mass is 10.0. The highest BCUT2D eigenvalue weighted by atomic mass is 35.5. The normalized spacial score (nSPS) is 13.7. The summed E-state index contributed by atoms with van der Waals surface area (Å²) in [6.07, 6.45) is 1.16. The Kier molecular flexibility index (Phi) is 7.14. The first-order chi connectivity index (χ1) is 15.5. The number of benzene rings is 2. The minimum atomic E-state index is -0.298. The van der Waals surface area contributed by atoms with Crippen LogP contribution >= 0.6 is 35.1 Å². The molecule has 0 saturated carbocycles. The first-order valence-electron chi connectivity index (χ1n) is 10.8. The van der Waals surface area contributed by atoms with Crippen molar-refractivity contribution in [3.8, 4) is 10.6 Å². The molecule has 0 radical (unpaired) electrons. The van der Waals surface area contributed by atoms with Gasteiger partial charge in [0.15, 0.2) is 0 Å². The maximum atomic E-state index is 13.2. The van der Waals surface area contributed by atoms with Crippen LogP contribution in [0.4, 0.5) is 9.39 Å². The number of hydrogen-bond acceptors (Lipinski definition) is 5. The third kappa shape index (κ3) is 4.96. The fraction of sp³-hybridized carbons (Fsp3) is 0.280. The van der Waals surface area contributed by atoms with Crippen LogP contribution in [0.25, 0.3) is 20.8 Å². The Morgan fingerprint density at radius 2 is 1.91 bits per heavy atom. The minimum Gasteiger partial charge on any atom is -0.317 e. The predicted octanol–water partition coefficient (Wildman–Crippen LogP) is 6.53. The zero-order valence-electron chi connectivity index (χ0n) is 18.4. The predicted molar refractivity (Wildman–Crippen MR) is 138 cm³/mol. The van der Waals surface area contributed by atoms with Crippen LogP contribution in [0.1, 0.15) is 29.9 Å². The molecule has 172 valence electrons. The van der Waals surface area contributed by atoms with Gasteiger partial charge in [-0.25, -0.2) is 9.37 Å². The van der Waals surface area contributed by atoms with E-state index < -0.39 is 0 Å². The average Bonchev–Trinajstić information content (AvgIpc) is 3.35. The first-order valence-corrected chi connectivity index (χ1v) is 12.4. The van der Waals surface area contributed by atoms with Gasteiger partial charge in [0.1, 0.15) is 15.8 Å². The Morgan fingerprint density at radius 1 is 1.15 bits per heavy atom. The van der Waals surface area contributed by atoms with Crippen LogP contribution in [0, 0.1) is 5.82 Å². The summed E-state index contributed by atoms with van der Waals surface area (Å²) in [5.74, 6) is -0.397. The first kappa shape index (κ1) is 23.8. The van der Waals surface area contributed by atoms with Gasteiger partial charge in [0.2, 0.25) is 5.91 Å². The molecule has 1 aliphatic rings. The molecule has 0 aliphatic carbocycles. The van der Waals surface area contributed by atoms with Crippen LogP contribution < -0.4 is 5.32 Å². The Morgan fingerprint density at radius 3 is 2.64 bits per heavy atom. The van der Waals surface area contributed by atoms with Crippen LogP contribution in [0.3, 0.4) is 0 Å². The standard InChI is InChI=1S/C25H24FN3OS2.ClH/c1-15(2)29-12-11-18-21(14-29)32-25(28-22(30)13-16-7-9-17(26)10-8-16)23(18)24-27-19-5-3-4-6-20(19)31-24;/h3-10,15H,11-14H2,1-2H3,(H,28,30);1H. The van der Waals surface area contributed by atoms with E-state index in [1.165, 1.54) is 22.6 Å². The average molecular weight is 502 g/mol. The second-order valence-corrected chi connectivity index (χ2v) is 10.5. The molecule has 5 rings (SSSR count). The van der Waals surface area contributed by atoms with Gasteiger partial charge >= 0.3 is 0 Å². The highest BCUT2D eigenvalue weighted by Gasteiger charge is 2.28. The summed E-state index contributed by atoms with van der Waals surface area (Å²) in [6, 6.07) is 14.7. The Labute approximate surface area is 206 Å². The van der Waals surface area contributed by atoms with Crippen molar-refractivity contribution in [3.63, 3.8) is 0 Å². The highest BCUT2D eigenvalue weighted by Crippen LogP contribution is 2.45. The molecule has 0 saturated heterocycles. The molecule has 8 heteroatoms. The summed E-state index contributed by atoms with van der Waals surface area (Å²) < 4.78 is 14.4. The molecule has 2 aromatic carbocycles. The number of thiophene rings is 1. The molecular formula is C25H25ClFN3OS2. The summed E-state index contributed by atoms with van der Waals surface area (Å²) in [7, 11) is 0. The molecule has 0 fully saturated rings. The topological polar surface area (TPSA) is 45.2 Å². The lowest BCUT2D eigenvalue weighted by Gasteiger charge is -2.30. The number of carbonyl (C=O) groups is 1.